The number of carbonyl (C=O) groups excluding carboxylic acids is 1. The van der Waals surface area contributed by atoms with Gasteiger partial charge in [-0.25, -0.2) is 0 Å². The Balaban J connectivity index is 1.09. The van der Waals surface area contributed by atoms with E-state index in [2.05, 4.69) is 29.2 Å². The van der Waals surface area contributed by atoms with Crippen LogP contribution in [-0.2, 0) is 24.4 Å². The van der Waals surface area contributed by atoms with Crippen molar-refractivity contribution in [2.45, 2.75) is 51.7 Å². The van der Waals surface area contributed by atoms with Crippen LogP contribution < -0.4 is 10.2 Å². The zero-order chi connectivity index (χ0) is 21.2. The van der Waals surface area contributed by atoms with Gasteiger partial charge in [0.15, 0.2) is 0 Å². The second kappa shape index (κ2) is 8.87. The molecule has 164 valence electrons. The van der Waals surface area contributed by atoms with E-state index < -0.39 is 0 Å². The van der Waals surface area contributed by atoms with Crippen LogP contribution in [0.5, 0.6) is 5.75 Å². The summed E-state index contributed by atoms with van der Waals surface area (Å²) in [6.45, 7) is 4.73. The number of amides is 1. The first-order chi connectivity index (χ1) is 15.2. The molecule has 3 aliphatic rings. The first-order valence-corrected chi connectivity index (χ1v) is 11.5. The molecular formula is C25H30N2O4. The van der Waals surface area contributed by atoms with Crippen molar-refractivity contribution in [3.05, 3.63) is 63.7 Å². The normalized spacial score (nSPS) is 23.3. The van der Waals surface area contributed by atoms with Gasteiger partial charge in [-0.3, -0.25) is 14.5 Å². The van der Waals surface area contributed by atoms with E-state index in [1.807, 2.05) is 4.90 Å². The Morgan fingerprint density at radius 2 is 1.77 bits per heavy atom. The second-order valence-electron chi connectivity index (χ2n) is 9.20. The quantitative estimate of drug-likeness (QED) is 0.712. The summed E-state index contributed by atoms with van der Waals surface area (Å²) in [5.74, 6) is 1.85. The SMILES string of the molecule is O=C(C1CCC(COc2coc(CN3Cc4ccccc4C3)cc2=O)CC1)N1CCC1. The average Bonchev–Trinajstić information content (AvgIpc) is 3.14. The fraction of sp³-hybridized carbons (Fsp3) is 0.520. The average molecular weight is 423 g/mol. The van der Waals surface area contributed by atoms with Gasteiger partial charge in [-0.1, -0.05) is 24.3 Å². The number of carbonyl (C=O) groups is 1. The van der Waals surface area contributed by atoms with Crippen LogP contribution in [0.15, 0.2) is 45.8 Å². The summed E-state index contributed by atoms with van der Waals surface area (Å²) in [5, 5.41) is 0. The highest BCUT2D eigenvalue weighted by Gasteiger charge is 2.31. The van der Waals surface area contributed by atoms with Crippen molar-refractivity contribution in [3.8, 4) is 5.75 Å². The predicted molar refractivity (Wildman–Crippen MR) is 117 cm³/mol. The largest absolute Gasteiger partial charge is 0.486 e. The number of fused-ring (bicyclic) bond motifs is 1. The summed E-state index contributed by atoms with van der Waals surface area (Å²) in [6, 6.07) is 9.98. The van der Waals surface area contributed by atoms with E-state index in [9.17, 15) is 9.59 Å². The monoisotopic (exact) mass is 422 g/mol. The maximum absolute atomic E-state index is 12.5. The minimum atomic E-state index is -0.125. The number of rotatable bonds is 6. The minimum Gasteiger partial charge on any atom is -0.486 e. The summed E-state index contributed by atoms with van der Waals surface area (Å²) in [7, 11) is 0. The van der Waals surface area contributed by atoms with Crippen LogP contribution >= 0.6 is 0 Å². The van der Waals surface area contributed by atoms with E-state index in [-0.39, 0.29) is 17.1 Å². The van der Waals surface area contributed by atoms with Gasteiger partial charge in [0.05, 0.1) is 13.2 Å². The standard InChI is InChI=1S/C25H30N2O4/c28-23-12-22(15-26-13-20-4-1-2-5-21(20)14-26)30-17-24(23)31-16-18-6-8-19(9-7-18)25(29)27-10-3-11-27/h1-2,4-5,12,17-19H,3,6-11,13-16H2. The van der Waals surface area contributed by atoms with Crippen molar-refractivity contribution in [3.63, 3.8) is 0 Å². The third-order valence-corrected chi connectivity index (χ3v) is 6.98. The first kappa shape index (κ1) is 20.3. The molecule has 5 rings (SSSR count). The van der Waals surface area contributed by atoms with Gasteiger partial charge in [0.25, 0.3) is 0 Å². The smallest absolute Gasteiger partial charge is 0.227 e. The number of hydrogen-bond donors (Lipinski definition) is 0. The molecule has 1 aromatic carbocycles. The number of benzene rings is 1. The van der Waals surface area contributed by atoms with Gasteiger partial charge < -0.3 is 14.1 Å². The van der Waals surface area contributed by atoms with Crippen LogP contribution in [0.2, 0.25) is 0 Å². The Kier molecular flexibility index (Phi) is 5.81. The summed E-state index contributed by atoms with van der Waals surface area (Å²) < 4.78 is 11.5. The molecule has 1 saturated heterocycles. The lowest BCUT2D eigenvalue weighted by Gasteiger charge is -2.36. The van der Waals surface area contributed by atoms with Gasteiger partial charge in [0, 0.05) is 38.2 Å². The molecule has 6 heteroatoms. The minimum absolute atomic E-state index is 0.125. The topological polar surface area (TPSA) is 63.0 Å². The van der Waals surface area contributed by atoms with Crippen molar-refractivity contribution in [1.29, 1.82) is 0 Å². The third kappa shape index (κ3) is 4.54. The van der Waals surface area contributed by atoms with Crippen molar-refractivity contribution in [2.75, 3.05) is 19.7 Å². The van der Waals surface area contributed by atoms with Gasteiger partial charge in [-0.05, 0) is 49.1 Å². The Bertz CT molecular complexity index is 964. The Morgan fingerprint density at radius 3 is 2.39 bits per heavy atom. The van der Waals surface area contributed by atoms with E-state index in [1.54, 1.807) is 6.07 Å². The molecule has 0 N–H and O–H groups in total. The Morgan fingerprint density at radius 1 is 1.06 bits per heavy atom. The Labute approximate surface area is 182 Å². The predicted octanol–water partition coefficient (Wildman–Crippen LogP) is 3.57. The molecule has 0 spiro atoms. The third-order valence-electron chi connectivity index (χ3n) is 6.98. The van der Waals surface area contributed by atoms with E-state index in [0.29, 0.717) is 30.7 Å². The molecule has 1 amide bonds. The number of ether oxygens (including phenoxy) is 1. The highest BCUT2D eigenvalue weighted by Crippen LogP contribution is 2.31. The molecule has 3 heterocycles. The molecule has 1 aromatic heterocycles. The fourth-order valence-corrected chi connectivity index (χ4v) is 4.94. The molecule has 0 unspecified atom stereocenters. The molecule has 0 atom stereocenters. The molecule has 6 nitrogen and oxygen atoms in total. The molecular weight excluding hydrogens is 392 g/mol. The lowest BCUT2D eigenvalue weighted by Crippen LogP contribution is -2.46. The van der Waals surface area contributed by atoms with Gasteiger partial charge >= 0.3 is 0 Å². The molecule has 0 radical (unpaired) electrons. The number of hydrogen-bond acceptors (Lipinski definition) is 5. The van der Waals surface area contributed by atoms with Crippen LogP contribution in [0.4, 0.5) is 0 Å². The van der Waals surface area contributed by atoms with Gasteiger partial charge in [-0.2, -0.15) is 0 Å². The number of likely N-dealkylation sites (tertiary alicyclic amines) is 1. The van der Waals surface area contributed by atoms with Gasteiger partial charge in [-0.15, -0.1) is 0 Å². The highest BCUT2D eigenvalue weighted by molar-refractivity contribution is 5.79. The zero-order valence-electron chi connectivity index (χ0n) is 17.9. The van der Waals surface area contributed by atoms with E-state index in [4.69, 9.17) is 9.15 Å². The Hall–Kier alpha value is -2.60. The van der Waals surface area contributed by atoms with Crippen molar-refractivity contribution in [2.24, 2.45) is 11.8 Å². The molecule has 1 saturated carbocycles. The first-order valence-electron chi connectivity index (χ1n) is 11.5. The molecule has 2 aliphatic heterocycles. The van der Waals surface area contributed by atoms with Crippen LogP contribution in [0.3, 0.4) is 0 Å². The number of nitrogens with zero attached hydrogens (tertiary/aromatic N) is 2. The van der Waals surface area contributed by atoms with E-state index in [0.717, 1.165) is 58.3 Å². The summed E-state index contributed by atoms with van der Waals surface area (Å²) in [4.78, 5) is 29.1. The highest BCUT2D eigenvalue weighted by atomic mass is 16.5. The van der Waals surface area contributed by atoms with Crippen LogP contribution in [0.1, 0.15) is 49.0 Å². The van der Waals surface area contributed by atoms with Crippen LogP contribution in [-0.4, -0.2) is 35.4 Å². The maximum atomic E-state index is 12.5. The maximum Gasteiger partial charge on any atom is 0.227 e. The van der Waals surface area contributed by atoms with Crippen LogP contribution in [0.25, 0.3) is 0 Å². The zero-order valence-corrected chi connectivity index (χ0v) is 17.9. The summed E-state index contributed by atoms with van der Waals surface area (Å²) in [6.07, 6.45) is 6.40. The van der Waals surface area contributed by atoms with Crippen molar-refractivity contribution < 1.29 is 13.9 Å². The van der Waals surface area contributed by atoms with Crippen LogP contribution in [0, 0.1) is 11.8 Å². The molecule has 0 bridgehead atoms. The lowest BCUT2D eigenvalue weighted by atomic mass is 9.81. The molecule has 2 fully saturated rings. The molecule has 1 aliphatic carbocycles. The van der Waals surface area contributed by atoms with Crippen molar-refractivity contribution in [1.82, 2.24) is 9.80 Å². The van der Waals surface area contributed by atoms with E-state index in [1.165, 1.54) is 17.4 Å². The lowest BCUT2D eigenvalue weighted by molar-refractivity contribution is -0.140. The van der Waals surface area contributed by atoms with Crippen molar-refractivity contribution >= 4 is 5.91 Å². The van der Waals surface area contributed by atoms with E-state index >= 15 is 0 Å². The summed E-state index contributed by atoms with van der Waals surface area (Å²) in [5.41, 5.74) is 2.55. The molecule has 2 aromatic rings. The van der Waals surface area contributed by atoms with Gasteiger partial charge in [0.1, 0.15) is 12.0 Å². The van der Waals surface area contributed by atoms with Gasteiger partial charge in [0.2, 0.25) is 17.1 Å². The summed E-state index contributed by atoms with van der Waals surface area (Å²) >= 11 is 0. The molecule has 31 heavy (non-hydrogen) atoms. The fourth-order valence-electron chi connectivity index (χ4n) is 4.94. The second-order valence-corrected chi connectivity index (χ2v) is 9.20.